The summed E-state index contributed by atoms with van der Waals surface area (Å²) in [6.07, 6.45) is 47.0. The number of aliphatic hydroxyl groups is 4. The molecule has 6 N–H and O–H groups in total. The molecule has 0 radical (unpaired) electrons. The standard InChI is InChI=1S/C56H109NO11S/c1-3-5-7-9-11-13-15-17-19-20-21-22-23-24-25-26-27-28-29-30-31-32-34-36-38-40-42-44-46-52(60)57-49(48-66-56-54(62)55(68-69(63,64)65)53(61)51(47-58)67-56)50(59)45-43-41-39-37-35-33-18-16-14-12-10-8-6-4-2/h43,45,49-51,53-56,58-59,61-62H,3-42,44,46-48H2,1-2H3,(H,57,60)(H,63,64,65)/b45-43+. The zero-order valence-corrected chi connectivity index (χ0v) is 45.2. The lowest BCUT2D eigenvalue weighted by atomic mass is 9.99. The number of unbranched alkanes of at least 4 members (excludes halogenated alkanes) is 39. The van der Waals surface area contributed by atoms with Gasteiger partial charge in [-0.15, -0.1) is 0 Å². The molecule has 1 rings (SSSR count). The summed E-state index contributed by atoms with van der Waals surface area (Å²) in [5.41, 5.74) is 0. The summed E-state index contributed by atoms with van der Waals surface area (Å²) in [6, 6.07) is -0.939. The van der Waals surface area contributed by atoms with Crippen LogP contribution < -0.4 is 5.32 Å². The van der Waals surface area contributed by atoms with E-state index >= 15 is 0 Å². The zero-order valence-electron chi connectivity index (χ0n) is 44.4. The molecule has 0 bridgehead atoms. The third-order valence-electron chi connectivity index (χ3n) is 14.1. The number of rotatable bonds is 51. The van der Waals surface area contributed by atoms with Crippen molar-refractivity contribution in [1.82, 2.24) is 5.32 Å². The highest BCUT2D eigenvalue weighted by Gasteiger charge is 2.48. The van der Waals surface area contributed by atoms with Crippen molar-refractivity contribution in [3.63, 3.8) is 0 Å². The normalized spacial score (nSPS) is 19.7. The summed E-state index contributed by atoms with van der Waals surface area (Å²) < 4.78 is 47.8. The third-order valence-corrected chi connectivity index (χ3v) is 14.5. The van der Waals surface area contributed by atoms with Gasteiger partial charge in [-0.05, 0) is 19.3 Å². The lowest BCUT2D eigenvalue weighted by Crippen LogP contribution is -2.61. The summed E-state index contributed by atoms with van der Waals surface area (Å²) in [5.74, 6) is -0.256. The van der Waals surface area contributed by atoms with Gasteiger partial charge >= 0.3 is 10.4 Å². The number of carbonyl (C=O) groups excluding carboxylic acids is 1. The zero-order chi connectivity index (χ0) is 50.5. The van der Waals surface area contributed by atoms with Crippen LogP contribution in [0.3, 0.4) is 0 Å². The van der Waals surface area contributed by atoms with Gasteiger partial charge in [-0.1, -0.05) is 270 Å². The summed E-state index contributed by atoms with van der Waals surface area (Å²) in [7, 11) is -5.09. The summed E-state index contributed by atoms with van der Waals surface area (Å²) in [4.78, 5) is 13.1. The van der Waals surface area contributed by atoms with Gasteiger partial charge in [0.25, 0.3) is 0 Å². The molecule has 1 aliphatic heterocycles. The van der Waals surface area contributed by atoms with Crippen molar-refractivity contribution in [3.05, 3.63) is 12.2 Å². The molecule has 410 valence electrons. The minimum absolute atomic E-state index is 0.256. The van der Waals surface area contributed by atoms with Crippen LogP contribution in [0.2, 0.25) is 0 Å². The van der Waals surface area contributed by atoms with Gasteiger partial charge in [-0.25, -0.2) is 4.18 Å². The molecule has 0 aliphatic carbocycles. The number of allylic oxidation sites excluding steroid dienone is 1. The van der Waals surface area contributed by atoms with Gasteiger partial charge in [-0.3, -0.25) is 9.35 Å². The summed E-state index contributed by atoms with van der Waals surface area (Å²) in [6.45, 7) is 3.43. The second-order valence-electron chi connectivity index (χ2n) is 20.6. The molecule has 0 aromatic rings. The van der Waals surface area contributed by atoms with Crippen molar-refractivity contribution < 1.29 is 51.8 Å². The van der Waals surface area contributed by atoms with Gasteiger partial charge in [0.2, 0.25) is 5.91 Å². The highest BCUT2D eigenvalue weighted by atomic mass is 32.3. The maximum Gasteiger partial charge on any atom is 0.397 e. The average molecular weight is 1000 g/mol. The van der Waals surface area contributed by atoms with E-state index < -0.39 is 59.9 Å². The molecule has 7 atom stereocenters. The number of hydrogen-bond donors (Lipinski definition) is 6. The fourth-order valence-electron chi connectivity index (χ4n) is 9.58. The second kappa shape index (κ2) is 46.6. The van der Waals surface area contributed by atoms with E-state index in [0.717, 1.165) is 38.5 Å². The van der Waals surface area contributed by atoms with Crippen LogP contribution in [0.5, 0.6) is 0 Å². The van der Waals surface area contributed by atoms with Gasteiger partial charge < -0.3 is 35.2 Å². The minimum atomic E-state index is -5.09. The van der Waals surface area contributed by atoms with E-state index in [1.807, 2.05) is 6.08 Å². The summed E-state index contributed by atoms with van der Waals surface area (Å²) >= 11 is 0. The highest BCUT2D eigenvalue weighted by molar-refractivity contribution is 7.80. The Kier molecular flexibility index (Phi) is 44.5. The minimum Gasteiger partial charge on any atom is -0.394 e. The van der Waals surface area contributed by atoms with Crippen LogP contribution in [0.15, 0.2) is 12.2 Å². The van der Waals surface area contributed by atoms with Gasteiger partial charge in [0.15, 0.2) is 6.29 Å². The van der Waals surface area contributed by atoms with Crippen LogP contribution in [0.25, 0.3) is 0 Å². The molecule has 1 heterocycles. The maximum atomic E-state index is 13.1. The Morgan fingerprint density at radius 1 is 0.565 bits per heavy atom. The molecule has 7 unspecified atom stereocenters. The van der Waals surface area contributed by atoms with Crippen LogP contribution in [-0.2, 0) is 28.9 Å². The van der Waals surface area contributed by atoms with Crippen LogP contribution in [0.4, 0.5) is 0 Å². The van der Waals surface area contributed by atoms with E-state index in [2.05, 4.69) is 23.3 Å². The Morgan fingerprint density at radius 2 is 0.913 bits per heavy atom. The lowest BCUT2D eigenvalue weighted by Gasteiger charge is -2.41. The molecule has 0 saturated carbocycles. The monoisotopic (exact) mass is 1000 g/mol. The first-order valence-corrected chi connectivity index (χ1v) is 30.4. The second-order valence-corrected chi connectivity index (χ2v) is 21.6. The largest absolute Gasteiger partial charge is 0.397 e. The van der Waals surface area contributed by atoms with Crippen LogP contribution in [0, 0.1) is 0 Å². The van der Waals surface area contributed by atoms with Crippen molar-refractivity contribution in [2.45, 2.75) is 326 Å². The number of hydrogen-bond acceptors (Lipinski definition) is 10. The maximum absolute atomic E-state index is 13.1. The molecule has 0 aromatic heterocycles. The van der Waals surface area contributed by atoms with E-state index in [1.165, 1.54) is 218 Å². The quantitative estimate of drug-likeness (QED) is 0.0193. The van der Waals surface area contributed by atoms with Crippen LogP contribution >= 0.6 is 0 Å². The van der Waals surface area contributed by atoms with E-state index in [1.54, 1.807) is 6.08 Å². The number of ether oxygens (including phenoxy) is 2. The van der Waals surface area contributed by atoms with Crippen LogP contribution in [0.1, 0.15) is 284 Å². The molecule has 1 saturated heterocycles. The van der Waals surface area contributed by atoms with Crippen molar-refractivity contribution in [1.29, 1.82) is 0 Å². The predicted octanol–water partition coefficient (Wildman–Crippen LogP) is 13.5. The third kappa shape index (κ3) is 39.0. The Hall–Kier alpha value is -1.16. The van der Waals surface area contributed by atoms with Crippen molar-refractivity contribution in [2.24, 2.45) is 0 Å². The molecule has 1 aliphatic rings. The average Bonchev–Trinajstić information content (AvgIpc) is 3.32. The molecule has 12 nitrogen and oxygen atoms in total. The number of aliphatic hydroxyl groups excluding tert-OH is 4. The Balaban J connectivity index is 2.28. The predicted molar refractivity (Wildman–Crippen MR) is 282 cm³/mol. The fourth-order valence-corrected chi connectivity index (χ4v) is 10.1. The first-order chi connectivity index (χ1) is 33.5. The number of amides is 1. The van der Waals surface area contributed by atoms with E-state index in [0.29, 0.717) is 6.42 Å². The number of nitrogens with one attached hydrogen (secondary N) is 1. The summed E-state index contributed by atoms with van der Waals surface area (Å²) in [5, 5.41) is 44.9. The number of carbonyl (C=O) groups is 1. The molecule has 0 aromatic carbocycles. The Morgan fingerprint density at radius 3 is 1.26 bits per heavy atom. The fraction of sp³-hybridized carbons (Fsp3) is 0.946. The molecule has 1 fully saturated rings. The van der Waals surface area contributed by atoms with Crippen molar-refractivity contribution in [2.75, 3.05) is 13.2 Å². The molecule has 0 spiro atoms. The van der Waals surface area contributed by atoms with Crippen LogP contribution in [-0.4, -0.2) is 95.4 Å². The molecule has 69 heavy (non-hydrogen) atoms. The Labute approximate surface area is 423 Å². The Bertz CT molecular complexity index is 1270. The first-order valence-electron chi connectivity index (χ1n) is 29.1. The smallest absolute Gasteiger partial charge is 0.394 e. The first kappa shape index (κ1) is 65.9. The molecule has 13 heteroatoms. The SMILES string of the molecule is CCCCCCCCCCCCCC/C=C/C(O)C(COC1OC(CO)C(O)C(OS(=O)(=O)O)C1O)NC(=O)CCCCCCCCCCCCCCCCCCCCCCCCCCCCCC. The van der Waals surface area contributed by atoms with E-state index in [4.69, 9.17) is 9.47 Å². The lowest BCUT2D eigenvalue weighted by molar-refractivity contribution is -0.298. The van der Waals surface area contributed by atoms with Crippen molar-refractivity contribution >= 4 is 16.3 Å². The molecular weight excluding hydrogens is 895 g/mol. The molecular formula is C56H109NO11S. The van der Waals surface area contributed by atoms with Gasteiger partial charge in [0.1, 0.15) is 24.4 Å². The topological polar surface area (TPSA) is 192 Å². The van der Waals surface area contributed by atoms with Crippen molar-refractivity contribution in [3.8, 4) is 0 Å². The van der Waals surface area contributed by atoms with Gasteiger partial charge in [0, 0.05) is 6.42 Å². The van der Waals surface area contributed by atoms with Gasteiger partial charge in [0.05, 0.1) is 25.4 Å². The molecule has 1 amide bonds. The van der Waals surface area contributed by atoms with E-state index in [-0.39, 0.29) is 18.9 Å². The highest BCUT2D eigenvalue weighted by Crippen LogP contribution is 2.26. The van der Waals surface area contributed by atoms with Gasteiger partial charge in [-0.2, -0.15) is 8.42 Å². The van der Waals surface area contributed by atoms with E-state index in [9.17, 15) is 38.2 Å².